The smallest absolute Gasteiger partial charge is 0.475 e. The number of unbranched alkanes of at least 4 members (excludes halogenated alkanes) is 2. The van der Waals surface area contributed by atoms with Crippen LogP contribution in [0.4, 0.5) is 11.4 Å². The Kier molecular flexibility index (Phi) is 13.8. The van der Waals surface area contributed by atoms with Crippen LogP contribution in [0.5, 0.6) is 17.2 Å². The first-order valence-electron chi connectivity index (χ1n) is 24.6. The predicted molar refractivity (Wildman–Crippen MR) is 259 cm³/mol. The van der Waals surface area contributed by atoms with Gasteiger partial charge in [0.1, 0.15) is 52.4 Å². The van der Waals surface area contributed by atoms with E-state index in [0.29, 0.717) is 123 Å². The summed E-state index contributed by atoms with van der Waals surface area (Å²) in [6, 6.07) is 15.4. The second kappa shape index (κ2) is 19.6. The molecule has 6 aliphatic heterocycles. The summed E-state index contributed by atoms with van der Waals surface area (Å²) < 4.78 is 62.3. The molecule has 6 aliphatic rings. The maximum atomic E-state index is 16.0. The fourth-order valence-corrected chi connectivity index (χ4v) is 12.9. The van der Waals surface area contributed by atoms with E-state index in [1.165, 1.54) is 0 Å². The third-order valence-corrected chi connectivity index (χ3v) is 16.0. The fraction of sp³-hybridized carbons (Fsp3) is 0.547. The molecule has 6 heterocycles. The second-order valence-electron chi connectivity index (χ2n) is 20.7. The Bertz CT molecular complexity index is 2660. The molecule has 3 aromatic carbocycles. The van der Waals surface area contributed by atoms with E-state index in [9.17, 15) is 19.6 Å². The first-order valence-corrected chi connectivity index (χ1v) is 26.1. The number of phosphoric ester groups is 1. The molecule has 3 aromatic rings. The van der Waals surface area contributed by atoms with Crippen LogP contribution in [0.25, 0.3) is 9.69 Å². The highest BCUT2D eigenvalue weighted by atomic mass is 31.2. The average Bonchev–Trinajstić information content (AvgIpc) is 4.08. The summed E-state index contributed by atoms with van der Waals surface area (Å²) in [5, 5.41) is 9.97. The highest BCUT2D eigenvalue weighted by molar-refractivity contribution is 7.48. The molecule has 0 aromatic heterocycles. The van der Waals surface area contributed by atoms with E-state index in [0.717, 1.165) is 12.0 Å². The number of carbonyl (C=O) groups excluding carboxylic acids is 3. The van der Waals surface area contributed by atoms with Gasteiger partial charge in [0.25, 0.3) is 0 Å². The van der Waals surface area contributed by atoms with E-state index in [1.54, 1.807) is 92.1 Å². The van der Waals surface area contributed by atoms with Crippen molar-refractivity contribution in [3.63, 3.8) is 0 Å². The van der Waals surface area contributed by atoms with Crippen LogP contribution < -0.4 is 14.2 Å². The molecule has 0 N–H and O–H groups in total. The number of phosphoric acid groups is 1. The molecule has 9 rings (SSSR count). The van der Waals surface area contributed by atoms with Gasteiger partial charge in [-0.2, -0.15) is 5.26 Å². The number of likely N-dealkylation sites (tertiary alicyclic amines) is 3. The lowest BCUT2D eigenvalue weighted by Crippen LogP contribution is -2.56. The summed E-state index contributed by atoms with van der Waals surface area (Å²) in [7, 11) is -4.80. The Morgan fingerprint density at radius 3 is 1.45 bits per heavy atom. The number of ether oxygens (including phenoxy) is 4. The quantitative estimate of drug-likeness (QED) is 0.0802. The monoisotopic (exact) mass is 988 g/mol. The van der Waals surface area contributed by atoms with Crippen molar-refractivity contribution in [2.24, 2.45) is 0 Å². The van der Waals surface area contributed by atoms with E-state index in [4.69, 9.17) is 45.7 Å². The number of hydrogen-bond donors (Lipinski definition) is 0. The molecule has 3 amide bonds. The summed E-state index contributed by atoms with van der Waals surface area (Å²) in [4.78, 5) is 53.1. The minimum atomic E-state index is -4.80. The molecule has 18 heteroatoms. The molecule has 3 saturated heterocycles. The Hall–Kier alpha value is -5.99. The highest BCUT2D eigenvalue weighted by Crippen LogP contribution is 2.61. The van der Waals surface area contributed by atoms with Gasteiger partial charge in [0.2, 0.25) is 17.7 Å². The predicted octanol–water partition coefficient (Wildman–Crippen LogP) is 10.0. The van der Waals surface area contributed by atoms with Crippen molar-refractivity contribution in [2.45, 2.75) is 153 Å². The molecule has 7 atom stereocenters. The average molecular weight is 989 g/mol. The van der Waals surface area contributed by atoms with Crippen molar-refractivity contribution in [3.05, 3.63) is 99.7 Å². The summed E-state index contributed by atoms with van der Waals surface area (Å²) in [5.74, 6) is 1.31. The molecule has 0 aliphatic carbocycles. The molecule has 71 heavy (non-hydrogen) atoms. The van der Waals surface area contributed by atoms with Gasteiger partial charge in [-0.05, 0) is 123 Å². The lowest BCUT2D eigenvalue weighted by Gasteiger charge is -2.50. The second-order valence-corrected chi connectivity index (χ2v) is 22.3. The standard InChI is InChI=1S/C53H61N6O11P/c1-51(2)48(45(57-24-12-15-42(57)60)37-30-34(55-7)19-22-40(37)66-51)64-27-10-9-11-28-65-71(63,69-49-46(58-25-13-16-43(58)61)36-29-33(32-54)18-21-39(36)67-52(49,3)4)70-50-47(59-26-14-17-44(59)62)38-31-35(56-8)20-23-41(38)68-53(50,5)6/h18-23,29-31,45-50H,9-17,24-28H2,1-6H3/t45-,46-,47-,48+,49+,50+,71?/m1/s1. The van der Waals surface area contributed by atoms with Crippen molar-refractivity contribution in [1.29, 1.82) is 5.26 Å². The fourth-order valence-electron chi connectivity index (χ4n) is 11.1. The zero-order valence-corrected chi connectivity index (χ0v) is 42.1. The minimum absolute atomic E-state index is 0.0305. The Labute approximate surface area is 415 Å². The van der Waals surface area contributed by atoms with E-state index in [1.807, 2.05) is 18.7 Å². The lowest BCUT2D eigenvalue weighted by atomic mass is 9.85. The van der Waals surface area contributed by atoms with Crippen molar-refractivity contribution in [2.75, 3.05) is 32.8 Å². The third-order valence-electron chi connectivity index (χ3n) is 14.5. The first-order chi connectivity index (χ1) is 33.9. The number of amides is 3. The Morgan fingerprint density at radius 2 is 1.03 bits per heavy atom. The molecule has 3 fully saturated rings. The van der Waals surface area contributed by atoms with Gasteiger partial charge in [-0.1, -0.05) is 12.1 Å². The maximum absolute atomic E-state index is 16.0. The summed E-state index contributed by atoms with van der Waals surface area (Å²) in [6.07, 6.45) is 1.61. The van der Waals surface area contributed by atoms with Crippen molar-refractivity contribution in [3.8, 4) is 23.3 Å². The molecule has 0 saturated carbocycles. The zero-order chi connectivity index (χ0) is 50.5. The van der Waals surface area contributed by atoms with Crippen molar-refractivity contribution < 1.29 is 51.5 Å². The normalized spacial score (nSPS) is 26.7. The van der Waals surface area contributed by atoms with Crippen molar-refractivity contribution in [1.82, 2.24) is 14.7 Å². The number of fused-ring (bicyclic) bond motifs is 3. The minimum Gasteiger partial charge on any atom is -0.485 e. The number of benzene rings is 3. The molecular weight excluding hydrogens is 928 g/mol. The molecule has 374 valence electrons. The topological polar surface area (TPSA) is 175 Å². The van der Waals surface area contributed by atoms with Gasteiger partial charge < -0.3 is 33.6 Å². The van der Waals surface area contributed by atoms with Crippen LogP contribution >= 0.6 is 7.82 Å². The van der Waals surface area contributed by atoms with Gasteiger partial charge in [0, 0.05) is 62.2 Å². The molecule has 1 unspecified atom stereocenters. The van der Waals surface area contributed by atoms with Crippen LogP contribution in [0.1, 0.15) is 140 Å². The lowest BCUT2D eigenvalue weighted by molar-refractivity contribution is -0.148. The summed E-state index contributed by atoms with van der Waals surface area (Å²) >= 11 is 0. The molecule has 0 bridgehead atoms. The maximum Gasteiger partial charge on any atom is 0.475 e. The zero-order valence-electron chi connectivity index (χ0n) is 41.2. The van der Waals surface area contributed by atoms with Crippen LogP contribution in [0.2, 0.25) is 0 Å². The van der Waals surface area contributed by atoms with Crippen LogP contribution in [0.15, 0.2) is 54.6 Å². The highest BCUT2D eigenvalue weighted by Gasteiger charge is 2.57. The number of rotatable bonds is 15. The summed E-state index contributed by atoms with van der Waals surface area (Å²) in [6.45, 7) is 28.0. The SMILES string of the molecule is [C-]#[N+]c1ccc2c(c1)[C@@H](N1CCCC1=O)[C@H](OCCCCCOP(=O)(O[C@H]1[C@H](N3CCCC3=O)c3cc(C#N)ccc3OC1(C)C)O[C@H]1[C@H](N3CCCC3=O)c3cc([N+]#[C-])ccc3OC1(C)C)C(C)(C)O2. The molecular formula is C53H61N6O11P. The number of nitriles is 1. The number of hydrogen-bond acceptors (Lipinski definition) is 12. The van der Waals surface area contributed by atoms with E-state index in [2.05, 4.69) is 15.8 Å². The van der Waals surface area contributed by atoms with E-state index >= 15 is 4.57 Å². The largest absolute Gasteiger partial charge is 0.485 e. The molecule has 0 spiro atoms. The van der Waals surface area contributed by atoms with Crippen LogP contribution in [-0.4, -0.2) is 100 Å². The van der Waals surface area contributed by atoms with Crippen LogP contribution in [0, 0.1) is 24.5 Å². The van der Waals surface area contributed by atoms with Gasteiger partial charge in [0.15, 0.2) is 11.4 Å². The number of nitrogens with zero attached hydrogens (tertiary/aromatic N) is 6. The van der Waals surface area contributed by atoms with E-state index in [-0.39, 0.29) is 24.3 Å². The summed E-state index contributed by atoms with van der Waals surface area (Å²) in [5.41, 5.74) is -0.362. The van der Waals surface area contributed by atoms with Gasteiger partial charge >= 0.3 is 7.82 Å². The number of carbonyl (C=O) groups is 3. The van der Waals surface area contributed by atoms with Gasteiger partial charge in [-0.3, -0.25) is 28.0 Å². The Morgan fingerprint density at radius 1 is 0.620 bits per heavy atom. The van der Waals surface area contributed by atoms with Crippen molar-refractivity contribution >= 4 is 36.9 Å². The van der Waals surface area contributed by atoms with Crippen LogP contribution in [-0.2, 0) is 37.3 Å². The third kappa shape index (κ3) is 9.73. The van der Waals surface area contributed by atoms with Crippen LogP contribution in [0.3, 0.4) is 0 Å². The van der Waals surface area contributed by atoms with Gasteiger partial charge in [0.05, 0.1) is 49.5 Å². The molecule has 0 radical (unpaired) electrons. The van der Waals surface area contributed by atoms with E-state index < -0.39 is 61.1 Å². The first kappa shape index (κ1) is 50.0. The van der Waals surface area contributed by atoms with Gasteiger partial charge in [-0.25, -0.2) is 14.3 Å². The Balaban J connectivity index is 0.995. The van der Waals surface area contributed by atoms with Gasteiger partial charge in [-0.15, -0.1) is 0 Å². The molecule has 17 nitrogen and oxygen atoms in total.